The van der Waals surface area contributed by atoms with Gasteiger partial charge in [0.2, 0.25) is 0 Å². The minimum atomic E-state index is 0.0270. The molecular weight excluding hydrogens is 316 g/mol. The van der Waals surface area contributed by atoms with Crippen molar-refractivity contribution in [2.24, 2.45) is 0 Å². The number of nitrogens with one attached hydrogen (secondary N) is 1. The molecule has 0 aliphatic carbocycles. The first-order valence-electron chi connectivity index (χ1n) is 8.81. The zero-order chi connectivity index (χ0) is 17.6. The number of piperazine rings is 1. The zero-order valence-electron chi connectivity index (χ0n) is 15.0. The van der Waals surface area contributed by atoms with Crippen molar-refractivity contribution in [1.82, 2.24) is 25.0 Å². The second-order valence-corrected chi connectivity index (χ2v) is 6.44. The van der Waals surface area contributed by atoms with E-state index in [-0.39, 0.29) is 6.03 Å². The minimum Gasteiger partial charge on any atom is -0.368 e. The fourth-order valence-electron chi connectivity index (χ4n) is 3.13. The molecular formula is C18H26N6O. The first kappa shape index (κ1) is 17.3. The first-order chi connectivity index (χ1) is 12.1. The van der Waals surface area contributed by atoms with E-state index in [0.717, 1.165) is 39.1 Å². The van der Waals surface area contributed by atoms with Gasteiger partial charge in [-0.3, -0.25) is 4.68 Å². The van der Waals surface area contributed by atoms with E-state index in [2.05, 4.69) is 52.3 Å². The molecule has 1 aliphatic rings. The highest BCUT2D eigenvalue weighted by Gasteiger charge is 2.21. The van der Waals surface area contributed by atoms with Crippen LogP contribution in [0.2, 0.25) is 0 Å². The lowest BCUT2D eigenvalue weighted by atomic mass is 10.1. The van der Waals surface area contributed by atoms with Crippen molar-refractivity contribution in [2.45, 2.75) is 26.8 Å². The molecule has 2 aromatic rings. The van der Waals surface area contributed by atoms with Crippen LogP contribution in [0.25, 0.3) is 0 Å². The number of carbonyl (C=O) groups is 1. The lowest BCUT2D eigenvalue weighted by Crippen LogP contribution is -2.52. The Balaban J connectivity index is 1.42. The van der Waals surface area contributed by atoms with Crippen LogP contribution in [0.4, 0.5) is 10.5 Å². The van der Waals surface area contributed by atoms with Gasteiger partial charge in [0.1, 0.15) is 12.7 Å². The molecule has 3 rings (SSSR count). The summed E-state index contributed by atoms with van der Waals surface area (Å²) in [7, 11) is 0. The molecule has 1 aromatic heterocycles. The molecule has 0 saturated carbocycles. The van der Waals surface area contributed by atoms with Gasteiger partial charge in [0.15, 0.2) is 0 Å². The Morgan fingerprint density at radius 2 is 2.00 bits per heavy atom. The van der Waals surface area contributed by atoms with Crippen molar-refractivity contribution < 1.29 is 4.79 Å². The van der Waals surface area contributed by atoms with Crippen LogP contribution in [0.1, 0.15) is 17.5 Å². The highest BCUT2D eigenvalue weighted by atomic mass is 16.2. The maximum atomic E-state index is 12.3. The monoisotopic (exact) mass is 342 g/mol. The van der Waals surface area contributed by atoms with Crippen molar-refractivity contribution in [2.75, 3.05) is 37.6 Å². The fraction of sp³-hybridized carbons (Fsp3) is 0.500. The van der Waals surface area contributed by atoms with Crippen LogP contribution in [-0.4, -0.2) is 58.4 Å². The topological polar surface area (TPSA) is 66.3 Å². The summed E-state index contributed by atoms with van der Waals surface area (Å²) in [5.74, 6) is 0. The van der Waals surface area contributed by atoms with Gasteiger partial charge in [-0.05, 0) is 37.5 Å². The van der Waals surface area contributed by atoms with Crippen molar-refractivity contribution in [3.63, 3.8) is 0 Å². The van der Waals surface area contributed by atoms with E-state index in [9.17, 15) is 4.79 Å². The third-order valence-electron chi connectivity index (χ3n) is 4.79. The number of rotatable bonds is 5. The Morgan fingerprint density at radius 3 is 2.72 bits per heavy atom. The minimum absolute atomic E-state index is 0.0270. The van der Waals surface area contributed by atoms with E-state index in [1.54, 1.807) is 11.0 Å². The van der Waals surface area contributed by atoms with Gasteiger partial charge in [-0.2, -0.15) is 5.10 Å². The number of aromatic nitrogens is 3. The molecule has 25 heavy (non-hydrogen) atoms. The molecule has 1 fully saturated rings. The summed E-state index contributed by atoms with van der Waals surface area (Å²) in [5.41, 5.74) is 3.92. The predicted molar refractivity (Wildman–Crippen MR) is 97.7 cm³/mol. The molecule has 0 atom stereocenters. The normalized spacial score (nSPS) is 14.6. The largest absolute Gasteiger partial charge is 0.368 e. The van der Waals surface area contributed by atoms with E-state index < -0.39 is 0 Å². The molecule has 1 aromatic carbocycles. The average Bonchev–Trinajstić information content (AvgIpc) is 3.14. The lowest BCUT2D eigenvalue weighted by molar-refractivity contribution is 0.194. The van der Waals surface area contributed by atoms with Crippen LogP contribution in [-0.2, 0) is 6.54 Å². The third-order valence-corrected chi connectivity index (χ3v) is 4.79. The standard InChI is InChI=1S/C18H26N6O/c1-15-5-3-6-17(16(15)2)22-9-11-23(12-10-22)18(25)20-7-4-8-24-14-19-13-21-24/h3,5-6,13-14H,4,7-12H2,1-2H3,(H,20,25). The van der Waals surface area contributed by atoms with Crippen molar-refractivity contribution in [3.8, 4) is 0 Å². The number of carbonyl (C=O) groups excluding carboxylic acids is 1. The lowest BCUT2D eigenvalue weighted by Gasteiger charge is -2.37. The summed E-state index contributed by atoms with van der Waals surface area (Å²) < 4.78 is 1.77. The number of urea groups is 1. The van der Waals surface area contributed by atoms with Gasteiger partial charge < -0.3 is 15.1 Å². The second kappa shape index (κ2) is 8.00. The van der Waals surface area contributed by atoms with E-state index in [0.29, 0.717) is 6.54 Å². The van der Waals surface area contributed by atoms with Crippen molar-refractivity contribution in [3.05, 3.63) is 42.0 Å². The molecule has 7 heteroatoms. The summed E-state index contributed by atoms with van der Waals surface area (Å²) >= 11 is 0. The van der Waals surface area contributed by atoms with E-state index in [1.807, 2.05) is 4.90 Å². The number of anilines is 1. The van der Waals surface area contributed by atoms with Gasteiger partial charge in [0.05, 0.1) is 0 Å². The van der Waals surface area contributed by atoms with Crippen LogP contribution in [0.3, 0.4) is 0 Å². The summed E-state index contributed by atoms with van der Waals surface area (Å²) in [6, 6.07) is 6.44. The van der Waals surface area contributed by atoms with E-state index in [1.165, 1.54) is 23.1 Å². The SMILES string of the molecule is Cc1cccc(N2CCN(C(=O)NCCCn3cncn3)CC2)c1C. The number of hydrogen-bond acceptors (Lipinski definition) is 4. The molecule has 134 valence electrons. The summed E-state index contributed by atoms with van der Waals surface area (Å²) in [4.78, 5) is 20.5. The molecule has 1 N–H and O–H groups in total. The summed E-state index contributed by atoms with van der Waals surface area (Å²) in [6.07, 6.45) is 4.06. The van der Waals surface area contributed by atoms with Gasteiger partial charge >= 0.3 is 6.03 Å². The molecule has 2 amide bonds. The van der Waals surface area contributed by atoms with Crippen molar-refractivity contribution >= 4 is 11.7 Å². The van der Waals surface area contributed by atoms with Gasteiger partial charge in [-0.1, -0.05) is 12.1 Å². The molecule has 2 heterocycles. The number of nitrogens with zero attached hydrogens (tertiary/aromatic N) is 5. The highest BCUT2D eigenvalue weighted by molar-refractivity contribution is 5.74. The Hall–Kier alpha value is -2.57. The second-order valence-electron chi connectivity index (χ2n) is 6.44. The van der Waals surface area contributed by atoms with Gasteiger partial charge in [-0.25, -0.2) is 9.78 Å². The Kier molecular flexibility index (Phi) is 5.53. The van der Waals surface area contributed by atoms with Crippen LogP contribution in [0, 0.1) is 13.8 Å². The Morgan fingerprint density at radius 1 is 1.20 bits per heavy atom. The zero-order valence-corrected chi connectivity index (χ0v) is 15.0. The Bertz CT molecular complexity index is 692. The Labute approximate surface area is 148 Å². The molecule has 7 nitrogen and oxygen atoms in total. The molecule has 0 unspecified atom stereocenters. The van der Waals surface area contributed by atoms with Gasteiger partial charge in [-0.15, -0.1) is 0 Å². The number of benzene rings is 1. The van der Waals surface area contributed by atoms with Crippen LogP contribution < -0.4 is 10.2 Å². The molecule has 1 aliphatic heterocycles. The molecule has 0 bridgehead atoms. The molecule has 0 spiro atoms. The maximum Gasteiger partial charge on any atom is 0.317 e. The van der Waals surface area contributed by atoms with Crippen LogP contribution >= 0.6 is 0 Å². The van der Waals surface area contributed by atoms with Crippen LogP contribution in [0.5, 0.6) is 0 Å². The highest BCUT2D eigenvalue weighted by Crippen LogP contribution is 2.23. The van der Waals surface area contributed by atoms with E-state index in [4.69, 9.17) is 0 Å². The predicted octanol–water partition coefficient (Wildman–Crippen LogP) is 1.82. The average molecular weight is 342 g/mol. The fourth-order valence-corrected chi connectivity index (χ4v) is 3.13. The molecule has 1 saturated heterocycles. The summed E-state index contributed by atoms with van der Waals surface area (Å²) in [6.45, 7) is 8.97. The van der Waals surface area contributed by atoms with E-state index >= 15 is 0 Å². The number of aryl methyl sites for hydroxylation is 2. The third kappa shape index (κ3) is 4.29. The van der Waals surface area contributed by atoms with Crippen LogP contribution in [0.15, 0.2) is 30.9 Å². The maximum absolute atomic E-state index is 12.3. The van der Waals surface area contributed by atoms with Crippen molar-refractivity contribution in [1.29, 1.82) is 0 Å². The number of amides is 2. The smallest absolute Gasteiger partial charge is 0.317 e. The quantitative estimate of drug-likeness (QED) is 0.842. The number of hydrogen-bond donors (Lipinski definition) is 1. The summed E-state index contributed by atoms with van der Waals surface area (Å²) in [5, 5.41) is 7.05. The molecule has 0 radical (unpaired) electrons. The first-order valence-corrected chi connectivity index (χ1v) is 8.81. The van der Waals surface area contributed by atoms with Gasteiger partial charge in [0.25, 0.3) is 0 Å². The van der Waals surface area contributed by atoms with Gasteiger partial charge in [0, 0.05) is 45.0 Å².